The molecule has 0 spiro atoms. The van der Waals surface area contributed by atoms with Gasteiger partial charge in [-0.05, 0) is 31.4 Å². The van der Waals surface area contributed by atoms with E-state index in [1.807, 2.05) is 6.92 Å². The molecule has 108 valence electrons. The largest absolute Gasteiger partial charge is 0.481 e. The fraction of sp³-hybridized carbons (Fsp3) is 0.500. The summed E-state index contributed by atoms with van der Waals surface area (Å²) in [6.07, 6.45) is 2.88. The molecule has 1 saturated heterocycles. The molecule has 1 fully saturated rings. The number of aromatic nitrogens is 1. The van der Waals surface area contributed by atoms with Crippen molar-refractivity contribution in [2.45, 2.75) is 26.3 Å². The lowest BCUT2D eigenvalue weighted by Gasteiger charge is -2.30. The van der Waals surface area contributed by atoms with Gasteiger partial charge >= 0.3 is 5.97 Å². The summed E-state index contributed by atoms with van der Waals surface area (Å²) >= 11 is 0. The molecule has 0 bridgehead atoms. The second-order valence-electron chi connectivity index (χ2n) is 5.19. The summed E-state index contributed by atoms with van der Waals surface area (Å²) in [5, 5.41) is 9.01. The van der Waals surface area contributed by atoms with E-state index in [0.29, 0.717) is 19.4 Å². The molecular weight excluding hydrogens is 260 g/mol. The lowest BCUT2D eigenvalue weighted by Crippen LogP contribution is -2.44. The Kier molecular flexibility index (Phi) is 4.22. The highest BCUT2D eigenvalue weighted by Crippen LogP contribution is 2.16. The Balaban J connectivity index is 2.04. The molecule has 0 radical (unpaired) electrons. The van der Waals surface area contributed by atoms with Gasteiger partial charge in [0.2, 0.25) is 5.91 Å². The van der Waals surface area contributed by atoms with Crippen molar-refractivity contribution in [3.05, 3.63) is 34.2 Å². The monoisotopic (exact) mass is 278 g/mol. The Bertz CT molecular complexity index is 579. The van der Waals surface area contributed by atoms with Gasteiger partial charge in [-0.1, -0.05) is 0 Å². The number of aliphatic carboxylic acids is 1. The quantitative estimate of drug-likeness (QED) is 0.872. The van der Waals surface area contributed by atoms with E-state index in [9.17, 15) is 14.4 Å². The molecule has 1 aromatic heterocycles. The minimum atomic E-state index is -0.866. The van der Waals surface area contributed by atoms with E-state index in [1.54, 1.807) is 12.3 Å². The highest BCUT2D eigenvalue weighted by atomic mass is 16.4. The van der Waals surface area contributed by atoms with Crippen molar-refractivity contribution in [2.24, 2.45) is 5.92 Å². The number of hydrogen-bond acceptors (Lipinski definition) is 3. The van der Waals surface area contributed by atoms with Crippen LogP contribution in [0.5, 0.6) is 0 Å². The van der Waals surface area contributed by atoms with Crippen LogP contribution in [0.25, 0.3) is 0 Å². The third kappa shape index (κ3) is 3.26. The van der Waals surface area contributed by atoms with Crippen LogP contribution in [0, 0.1) is 12.8 Å². The smallest absolute Gasteiger partial charge is 0.308 e. The molecule has 6 nitrogen and oxygen atoms in total. The van der Waals surface area contributed by atoms with E-state index in [4.69, 9.17) is 5.11 Å². The second-order valence-corrected chi connectivity index (χ2v) is 5.19. The van der Waals surface area contributed by atoms with Gasteiger partial charge in [0, 0.05) is 25.4 Å². The number of carboxylic acid groups (broad SMARTS) is 1. The normalized spacial score (nSPS) is 18.9. The molecule has 1 atom stereocenters. The van der Waals surface area contributed by atoms with Gasteiger partial charge in [-0.15, -0.1) is 0 Å². The van der Waals surface area contributed by atoms with Crippen LogP contribution in [0.3, 0.4) is 0 Å². The number of carbonyl (C=O) groups is 2. The van der Waals surface area contributed by atoms with Gasteiger partial charge in [0.05, 0.1) is 5.92 Å². The number of pyridine rings is 1. The number of carboxylic acids is 1. The van der Waals surface area contributed by atoms with E-state index >= 15 is 0 Å². The average Bonchev–Trinajstić information content (AvgIpc) is 2.42. The number of likely N-dealkylation sites (tertiary alicyclic amines) is 1. The molecule has 1 aromatic rings. The first-order chi connectivity index (χ1) is 9.47. The van der Waals surface area contributed by atoms with E-state index in [2.05, 4.69) is 0 Å². The predicted octanol–water partition coefficient (Wildman–Crippen LogP) is 0.480. The molecule has 1 unspecified atom stereocenters. The van der Waals surface area contributed by atoms with Crippen molar-refractivity contribution in [1.29, 1.82) is 0 Å². The van der Waals surface area contributed by atoms with E-state index in [-0.39, 0.29) is 24.6 Å². The molecular formula is C14H18N2O4. The molecule has 6 heteroatoms. The molecule has 1 aliphatic heterocycles. The Morgan fingerprint density at radius 2 is 2.20 bits per heavy atom. The van der Waals surface area contributed by atoms with Gasteiger partial charge in [0.15, 0.2) is 0 Å². The molecule has 1 N–H and O–H groups in total. The van der Waals surface area contributed by atoms with E-state index in [1.165, 1.54) is 15.5 Å². The first kappa shape index (κ1) is 14.3. The molecule has 0 aromatic carbocycles. The lowest BCUT2D eigenvalue weighted by atomic mass is 9.98. The van der Waals surface area contributed by atoms with E-state index < -0.39 is 11.9 Å². The Hall–Kier alpha value is -2.11. The summed E-state index contributed by atoms with van der Waals surface area (Å²) in [4.78, 5) is 36.4. The predicted molar refractivity (Wildman–Crippen MR) is 72.4 cm³/mol. The summed E-state index contributed by atoms with van der Waals surface area (Å²) < 4.78 is 1.35. The lowest BCUT2D eigenvalue weighted by molar-refractivity contribution is -0.145. The molecule has 2 rings (SSSR count). The minimum Gasteiger partial charge on any atom is -0.481 e. The molecule has 1 amide bonds. The maximum absolute atomic E-state index is 12.1. The van der Waals surface area contributed by atoms with Gasteiger partial charge in [-0.2, -0.15) is 0 Å². The third-order valence-electron chi connectivity index (χ3n) is 3.58. The molecule has 0 aliphatic carbocycles. The zero-order chi connectivity index (χ0) is 14.7. The van der Waals surface area contributed by atoms with Crippen LogP contribution in [-0.4, -0.2) is 39.5 Å². The Labute approximate surface area is 116 Å². The fourth-order valence-electron chi connectivity index (χ4n) is 2.39. The summed E-state index contributed by atoms with van der Waals surface area (Å²) in [6.45, 7) is 2.57. The number of amides is 1. The zero-order valence-electron chi connectivity index (χ0n) is 11.4. The standard InChI is InChI=1S/C14H18N2O4/c1-10-4-6-16(12(17)7-10)9-13(18)15-5-2-3-11(8-15)14(19)20/h4,6-7,11H,2-3,5,8-9H2,1H3,(H,19,20). The highest BCUT2D eigenvalue weighted by Gasteiger charge is 2.28. The first-order valence-corrected chi connectivity index (χ1v) is 6.65. The number of piperidine rings is 1. The number of hydrogen-bond donors (Lipinski definition) is 1. The summed E-state index contributed by atoms with van der Waals surface area (Å²) in [5.74, 6) is -1.57. The topological polar surface area (TPSA) is 79.6 Å². The zero-order valence-corrected chi connectivity index (χ0v) is 11.4. The molecule has 20 heavy (non-hydrogen) atoms. The molecule has 2 heterocycles. The average molecular weight is 278 g/mol. The van der Waals surface area contributed by atoms with Crippen LogP contribution in [0.4, 0.5) is 0 Å². The SMILES string of the molecule is Cc1ccn(CC(=O)N2CCCC(C(=O)O)C2)c(=O)c1. The number of aryl methyl sites for hydroxylation is 1. The number of carbonyl (C=O) groups excluding carboxylic acids is 1. The van der Waals surface area contributed by atoms with Gasteiger partial charge in [0.25, 0.3) is 5.56 Å². The first-order valence-electron chi connectivity index (χ1n) is 6.65. The molecule has 1 aliphatic rings. The van der Waals surface area contributed by atoms with Gasteiger partial charge < -0.3 is 14.6 Å². The van der Waals surface area contributed by atoms with Gasteiger partial charge in [-0.25, -0.2) is 0 Å². The minimum absolute atomic E-state index is 0.0363. The highest BCUT2D eigenvalue weighted by molar-refractivity contribution is 5.77. The maximum atomic E-state index is 12.1. The summed E-state index contributed by atoms with van der Waals surface area (Å²) in [7, 11) is 0. The molecule has 0 saturated carbocycles. The van der Waals surface area contributed by atoms with Crippen LogP contribution in [0.2, 0.25) is 0 Å². The fourth-order valence-corrected chi connectivity index (χ4v) is 2.39. The van der Waals surface area contributed by atoms with Crippen molar-refractivity contribution < 1.29 is 14.7 Å². The van der Waals surface area contributed by atoms with Crippen LogP contribution < -0.4 is 5.56 Å². The number of rotatable bonds is 3. The van der Waals surface area contributed by atoms with Crippen molar-refractivity contribution >= 4 is 11.9 Å². The maximum Gasteiger partial charge on any atom is 0.308 e. The Morgan fingerprint density at radius 1 is 1.45 bits per heavy atom. The van der Waals surface area contributed by atoms with Gasteiger partial charge in [0.1, 0.15) is 6.54 Å². The van der Waals surface area contributed by atoms with Crippen molar-refractivity contribution in [2.75, 3.05) is 13.1 Å². The van der Waals surface area contributed by atoms with Crippen molar-refractivity contribution in [1.82, 2.24) is 9.47 Å². The Morgan fingerprint density at radius 3 is 2.85 bits per heavy atom. The van der Waals surface area contributed by atoms with Crippen LogP contribution in [0.15, 0.2) is 23.1 Å². The third-order valence-corrected chi connectivity index (χ3v) is 3.58. The summed E-state index contributed by atoms with van der Waals surface area (Å²) in [6, 6.07) is 3.24. The van der Waals surface area contributed by atoms with E-state index in [0.717, 1.165) is 5.56 Å². The van der Waals surface area contributed by atoms with Crippen molar-refractivity contribution in [3.8, 4) is 0 Å². The second kappa shape index (κ2) is 5.90. The van der Waals surface area contributed by atoms with Gasteiger partial charge in [-0.3, -0.25) is 14.4 Å². The van der Waals surface area contributed by atoms with Crippen molar-refractivity contribution in [3.63, 3.8) is 0 Å². The van der Waals surface area contributed by atoms with Crippen LogP contribution in [0.1, 0.15) is 18.4 Å². The number of nitrogens with zero attached hydrogens (tertiary/aromatic N) is 2. The summed E-state index contributed by atoms with van der Waals surface area (Å²) in [5.41, 5.74) is 0.632. The van der Waals surface area contributed by atoms with Crippen LogP contribution in [-0.2, 0) is 16.1 Å². The van der Waals surface area contributed by atoms with Crippen LogP contribution >= 0.6 is 0 Å².